The minimum atomic E-state index is -1.38. The van der Waals surface area contributed by atoms with E-state index in [9.17, 15) is 14.7 Å². The maximum Gasteiger partial charge on any atom is 0.334 e. The van der Waals surface area contributed by atoms with Crippen molar-refractivity contribution in [3.8, 4) is 0 Å². The van der Waals surface area contributed by atoms with Gasteiger partial charge >= 0.3 is 5.97 Å². The second-order valence-electron chi connectivity index (χ2n) is 5.33. The molecule has 2 N–H and O–H groups in total. The zero-order valence-corrected chi connectivity index (χ0v) is 12.2. The van der Waals surface area contributed by atoms with Crippen molar-refractivity contribution in [2.45, 2.75) is 31.7 Å². The lowest BCUT2D eigenvalue weighted by Crippen LogP contribution is -2.53. The van der Waals surface area contributed by atoms with Gasteiger partial charge in [0.15, 0.2) is 5.54 Å². The molecule has 1 fully saturated rings. The summed E-state index contributed by atoms with van der Waals surface area (Å²) in [4.78, 5) is 24.2. The molecule has 0 aromatic heterocycles. The van der Waals surface area contributed by atoms with Crippen molar-refractivity contribution >= 4 is 11.9 Å². The van der Waals surface area contributed by atoms with Crippen LogP contribution in [0.1, 0.15) is 31.7 Å². The third-order valence-corrected chi connectivity index (χ3v) is 4.03. The maximum atomic E-state index is 12.4. The van der Waals surface area contributed by atoms with Gasteiger partial charge < -0.3 is 15.2 Å². The SMILES string of the molecule is CC[C@@](NC(=O)[C@@H]1CCCOC1)(C(=O)O)c1ccccc1. The van der Waals surface area contributed by atoms with E-state index in [2.05, 4.69) is 5.32 Å². The van der Waals surface area contributed by atoms with Crippen LogP contribution >= 0.6 is 0 Å². The lowest BCUT2D eigenvalue weighted by atomic mass is 9.86. The summed E-state index contributed by atoms with van der Waals surface area (Å²) in [6.07, 6.45) is 1.85. The molecule has 0 unspecified atom stereocenters. The van der Waals surface area contributed by atoms with Gasteiger partial charge in [-0.1, -0.05) is 37.3 Å². The van der Waals surface area contributed by atoms with Gasteiger partial charge in [-0.25, -0.2) is 4.79 Å². The number of ether oxygens (including phenoxy) is 1. The summed E-state index contributed by atoms with van der Waals surface area (Å²) in [6, 6.07) is 8.84. The van der Waals surface area contributed by atoms with E-state index in [1.165, 1.54) is 0 Å². The first-order chi connectivity index (χ1) is 10.1. The Hall–Kier alpha value is -1.88. The Kier molecular flexibility index (Phi) is 4.96. The fourth-order valence-corrected chi connectivity index (χ4v) is 2.68. The summed E-state index contributed by atoms with van der Waals surface area (Å²) in [7, 11) is 0. The molecule has 2 atom stereocenters. The number of carbonyl (C=O) groups excluding carboxylic acids is 1. The summed E-state index contributed by atoms with van der Waals surface area (Å²) < 4.78 is 5.31. The average Bonchev–Trinajstić information content (AvgIpc) is 2.54. The molecule has 1 amide bonds. The molecule has 0 aliphatic carbocycles. The van der Waals surface area contributed by atoms with Crippen molar-refractivity contribution in [2.75, 3.05) is 13.2 Å². The molecule has 5 nitrogen and oxygen atoms in total. The van der Waals surface area contributed by atoms with Crippen molar-refractivity contribution in [1.82, 2.24) is 5.32 Å². The third kappa shape index (κ3) is 3.24. The van der Waals surface area contributed by atoms with Gasteiger partial charge in [0.25, 0.3) is 0 Å². The Morgan fingerprint density at radius 2 is 2.10 bits per heavy atom. The van der Waals surface area contributed by atoms with Gasteiger partial charge in [0.05, 0.1) is 12.5 Å². The van der Waals surface area contributed by atoms with Crippen LogP contribution in [-0.2, 0) is 19.9 Å². The van der Waals surface area contributed by atoms with E-state index < -0.39 is 11.5 Å². The van der Waals surface area contributed by atoms with Gasteiger partial charge in [0, 0.05) is 6.61 Å². The van der Waals surface area contributed by atoms with Crippen molar-refractivity contribution < 1.29 is 19.4 Å². The normalized spacial score (nSPS) is 21.3. The Morgan fingerprint density at radius 1 is 1.38 bits per heavy atom. The predicted molar refractivity (Wildman–Crippen MR) is 77.7 cm³/mol. The lowest BCUT2D eigenvalue weighted by molar-refractivity contribution is -0.150. The fraction of sp³-hybridized carbons (Fsp3) is 0.500. The molecule has 0 radical (unpaired) electrons. The van der Waals surface area contributed by atoms with Gasteiger partial charge in [-0.2, -0.15) is 0 Å². The van der Waals surface area contributed by atoms with Gasteiger partial charge in [-0.3, -0.25) is 4.79 Å². The monoisotopic (exact) mass is 291 g/mol. The minimum absolute atomic E-state index is 0.247. The molecule has 1 saturated heterocycles. The first kappa shape index (κ1) is 15.5. The number of carbonyl (C=O) groups is 2. The van der Waals surface area contributed by atoms with Crippen molar-refractivity contribution in [3.05, 3.63) is 35.9 Å². The maximum absolute atomic E-state index is 12.4. The van der Waals surface area contributed by atoms with E-state index in [-0.39, 0.29) is 18.2 Å². The first-order valence-electron chi connectivity index (χ1n) is 7.29. The molecule has 0 spiro atoms. The number of aliphatic carboxylic acids is 1. The van der Waals surface area contributed by atoms with E-state index in [1.807, 2.05) is 6.07 Å². The molecular weight excluding hydrogens is 270 g/mol. The van der Waals surface area contributed by atoms with Crippen LogP contribution in [0.15, 0.2) is 30.3 Å². The number of benzene rings is 1. The lowest BCUT2D eigenvalue weighted by Gasteiger charge is -2.32. The Labute approximate surface area is 124 Å². The molecule has 2 rings (SSSR count). The van der Waals surface area contributed by atoms with E-state index in [0.717, 1.165) is 12.8 Å². The summed E-state index contributed by atoms with van der Waals surface area (Å²) >= 11 is 0. The third-order valence-electron chi connectivity index (χ3n) is 4.03. The molecule has 1 heterocycles. The van der Waals surface area contributed by atoms with Crippen LogP contribution in [0, 0.1) is 5.92 Å². The molecule has 21 heavy (non-hydrogen) atoms. The van der Waals surface area contributed by atoms with E-state index in [1.54, 1.807) is 31.2 Å². The smallest absolute Gasteiger partial charge is 0.334 e. The largest absolute Gasteiger partial charge is 0.479 e. The van der Waals surface area contributed by atoms with Gasteiger partial charge in [-0.05, 0) is 24.8 Å². The van der Waals surface area contributed by atoms with Crippen LogP contribution < -0.4 is 5.32 Å². The predicted octanol–water partition coefficient (Wildman–Crippen LogP) is 1.92. The van der Waals surface area contributed by atoms with Crippen molar-refractivity contribution in [3.63, 3.8) is 0 Å². The number of amides is 1. The van der Waals surface area contributed by atoms with Crippen LogP contribution in [0.25, 0.3) is 0 Å². The number of hydrogen-bond acceptors (Lipinski definition) is 3. The zero-order valence-electron chi connectivity index (χ0n) is 12.2. The quantitative estimate of drug-likeness (QED) is 0.869. The Bertz CT molecular complexity index is 496. The molecule has 114 valence electrons. The highest BCUT2D eigenvalue weighted by Gasteiger charge is 2.41. The van der Waals surface area contributed by atoms with Gasteiger partial charge in [-0.15, -0.1) is 0 Å². The molecule has 0 saturated carbocycles. The molecule has 1 aliphatic rings. The average molecular weight is 291 g/mol. The summed E-state index contributed by atoms with van der Waals surface area (Å²) in [5.41, 5.74) is -0.791. The number of nitrogens with one attached hydrogen (secondary N) is 1. The van der Waals surface area contributed by atoms with Crippen LogP contribution in [0.2, 0.25) is 0 Å². The molecule has 1 aromatic carbocycles. The zero-order chi connectivity index (χ0) is 15.3. The summed E-state index contributed by atoms with van der Waals surface area (Å²) in [5.74, 6) is -1.56. The van der Waals surface area contributed by atoms with E-state index in [4.69, 9.17) is 4.74 Å². The van der Waals surface area contributed by atoms with Crippen molar-refractivity contribution in [2.24, 2.45) is 5.92 Å². The summed E-state index contributed by atoms with van der Waals surface area (Å²) in [6.45, 7) is 2.79. The van der Waals surface area contributed by atoms with Crippen LogP contribution in [0.3, 0.4) is 0 Å². The number of carboxylic acid groups (broad SMARTS) is 1. The molecule has 5 heteroatoms. The highest BCUT2D eigenvalue weighted by atomic mass is 16.5. The van der Waals surface area contributed by atoms with Crippen LogP contribution in [-0.4, -0.2) is 30.2 Å². The van der Waals surface area contributed by atoms with Crippen LogP contribution in [0.5, 0.6) is 0 Å². The van der Waals surface area contributed by atoms with Gasteiger partial charge in [0.2, 0.25) is 5.91 Å². The first-order valence-corrected chi connectivity index (χ1v) is 7.29. The molecule has 1 aromatic rings. The topological polar surface area (TPSA) is 75.6 Å². The Morgan fingerprint density at radius 3 is 2.62 bits per heavy atom. The second-order valence-corrected chi connectivity index (χ2v) is 5.33. The minimum Gasteiger partial charge on any atom is -0.479 e. The van der Waals surface area contributed by atoms with Crippen molar-refractivity contribution in [1.29, 1.82) is 0 Å². The number of carboxylic acids is 1. The second kappa shape index (κ2) is 6.72. The fourth-order valence-electron chi connectivity index (χ4n) is 2.68. The Balaban J connectivity index is 2.24. The van der Waals surface area contributed by atoms with Gasteiger partial charge in [0.1, 0.15) is 0 Å². The van der Waals surface area contributed by atoms with Crippen LogP contribution in [0.4, 0.5) is 0 Å². The van der Waals surface area contributed by atoms with E-state index >= 15 is 0 Å². The molecule has 1 aliphatic heterocycles. The molecular formula is C16H21NO4. The highest BCUT2D eigenvalue weighted by Crippen LogP contribution is 2.27. The number of hydrogen-bond donors (Lipinski definition) is 2. The highest BCUT2D eigenvalue weighted by molar-refractivity contribution is 5.89. The standard InChI is InChI=1S/C16H21NO4/c1-2-16(15(19)20,13-8-4-3-5-9-13)17-14(18)12-7-6-10-21-11-12/h3-5,8-9,12H,2,6-7,10-11H2,1H3,(H,17,18)(H,19,20)/t12-,16+/m1/s1. The van der Waals surface area contributed by atoms with E-state index in [0.29, 0.717) is 18.8 Å². The summed E-state index contributed by atoms with van der Waals surface area (Å²) in [5, 5.41) is 12.4. The number of rotatable bonds is 5. The molecule has 0 bridgehead atoms.